The molecule has 1 aromatic heterocycles. The molecule has 1 heterocycles. The highest BCUT2D eigenvalue weighted by Gasteiger charge is 2.20. The molecular weight excluding hydrogens is 208 g/mol. The van der Waals surface area contributed by atoms with Crippen molar-refractivity contribution in [3.05, 3.63) is 18.0 Å². The van der Waals surface area contributed by atoms with Gasteiger partial charge in [-0.2, -0.15) is 5.10 Å². The van der Waals surface area contributed by atoms with E-state index in [2.05, 4.69) is 9.84 Å². The second-order valence-electron chi connectivity index (χ2n) is 3.83. The summed E-state index contributed by atoms with van der Waals surface area (Å²) in [6.45, 7) is 4.55. The van der Waals surface area contributed by atoms with E-state index >= 15 is 0 Å². The maximum absolute atomic E-state index is 11.1. The molecule has 0 aliphatic rings. The van der Waals surface area contributed by atoms with Crippen molar-refractivity contribution in [3.63, 3.8) is 0 Å². The zero-order valence-electron chi connectivity index (χ0n) is 9.88. The van der Waals surface area contributed by atoms with Crippen molar-refractivity contribution < 1.29 is 14.6 Å². The molecule has 0 aliphatic carbocycles. The topological polar surface area (TPSA) is 64.4 Å². The largest absolute Gasteiger partial charge is 0.469 e. The van der Waals surface area contributed by atoms with Gasteiger partial charge < -0.3 is 9.84 Å². The van der Waals surface area contributed by atoms with Crippen LogP contribution < -0.4 is 0 Å². The van der Waals surface area contributed by atoms with Crippen LogP contribution in [0, 0.1) is 5.92 Å². The number of hydrogen-bond donors (Lipinski definition) is 1. The van der Waals surface area contributed by atoms with Crippen LogP contribution in [0.2, 0.25) is 0 Å². The number of ether oxygens (including phenoxy) is 1. The molecule has 5 nitrogen and oxygen atoms in total. The Morgan fingerprint density at radius 3 is 2.88 bits per heavy atom. The Labute approximate surface area is 95.0 Å². The minimum absolute atomic E-state index is 0.179. The predicted molar refractivity (Wildman–Crippen MR) is 58.7 cm³/mol. The van der Waals surface area contributed by atoms with E-state index in [4.69, 9.17) is 0 Å². The number of carbonyl (C=O) groups is 1. The Bertz CT molecular complexity index is 349. The second-order valence-corrected chi connectivity index (χ2v) is 3.83. The van der Waals surface area contributed by atoms with E-state index < -0.39 is 6.10 Å². The summed E-state index contributed by atoms with van der Waals surface area (Å²) in [5.41, 5.74) is 0.734. The quantitative estimate of drug-likeness (QED) is 0.764. The first kappa shape index (κ1) is 12.7. The monoisotopic (exact) mass is 226 g/mol. The van der Waals surface area contributed by atoms with Gasteiger partial charge in [-0.3, -0.25) is 9.48 Å². The fraction of sp³-hybridized carbons (Fsp3) is 0.636. The molecule has 5 heteroatoms. The van der Waals surface area contributed by atoms with Gasteiger partial charge in [0.15, 0.2) is 0 Å². The Balaban J connectivity index is 2.62. The Morgan fingerprint density at radius 2 is 2.38 bits per heavy atom. The lowest BCUT2D eigenvalue weighted by molar-refractivity contribution is -0.142. The Hall–Kier alpha value is -1.36. The molecule has 0 radical (unpaired) electrons. The zero-order valence-corrected chi connectivity index (χ0v) is 9.88. The van der Waals surface area contributed by atoms with Gasteiger partial charge in [0, 0.05) is 18.3 Å². The smallest absolute Gasteiger partial charge is 0.305 e. The van der Waals surface area contributed by atoms with Crippen LogP contribution in [0.3, 0.4) is 0 Å². The van der Waals surface area contributed by atoms with E-state index in [-0.39, 0.29) is 18.3 Å². The molecule has 0 aliphatic heterocycles. The van der Waals surface area contributed by atoms with Gasteiger partial charge in [0.1, 0.15) is 0 Å². The van der Waals surface area contributed by atoms with Crippen LogP contribution in [0.25, 0.3) is 0 Å². The van der Waals surface area contributed by atoms with Crippen molar-refractivity contribution in [1.29, 1.82) is 0 Å². The van der Waals surface area contributed by atoms with Crippen LogP contribution in [0.15, 0.2) is 12.4 Å². The molecule has 1 rings (SSSR count). The van der Waals surface area contributed by atoms with Crippen molar-refractivity contribution in [1.82, 2.24) is 9.78 Å². The lowest BCUT2D eigenvalue weighted by Crippen LogP contribution is -2.14. The van der Waals surface area contributed by atoms with Crippen molar-refractivity contribution >= 4 is 5.97 Å². The summed E-state index contributed by atoms with van der Waals surface area (Å²) >= 11 is 0. The highest BCUT2D eigenvalue weighted by atomic mass is 16.5. The van der Waals surface area contributed by atoms with Crippen LogP contribution in [0.5, 0.6) is 0 Å². The van der Waals surface area contributed by atoms with Crippen molar-refractivity contribution in [3.8, 4) is 0 Å². The third-order valence-electron chi connectivity index (χ3n) is 2.57. The van der Waals surface area contributed by atoms with Gasteiger partial charge in [-0.25, -0.2) is 0 Å². The fourth-order valence-electron chi connectivity index (χ4n) is 1.49. The van der Waals surface area contributed by atoms with Gasteiger partial charge in [0.05, 0.1) is 25.8 Å². The van der Waals surface area contributed by atoms with E-state index in [0.717, 1.165) is 12.1 Å². The van der Waals surface area contributed by atoms with Gasteiger partial charge in [-0.05, 0) is 12.8 Å². The van der Waals surface area contributed by atoms with Gasteiger partial charge in [-0.15, -0.1) is 0 Å². The van der Waals surface area contributed by atoms with E-state index in [1.54, 1.807) is 17.1 Å². The maximum atomic E-state index is 11.1. The summed E-state index contributed by atoms with van der Waals surface area (Å²) in [5.74, 6) is -0.489. The summed E-state index contributed by atoms with van der Waals surface area (Å²) in [5, 5.41) is 14.1. The molecule has 1 N–H and O–H groups in total. The Morgan fingerprint density at radius 1 is 1.69 bits per heavy atom. The highest BCUT2D eigenvalue weighted by molar-refractivity contribution is 5.69. The van der Waals surface area contributed by atoms with Crippen LogP contribution in [-0.4, -0.2) is 28.0 Å². The summed E-state index contributed by atoms with van der Waals surface area (Å²) in [4.78, 5) is 11.1. The highest BCUT2D eigenvalue weighted by Crippen LogP contribution is 2.24. The van der Waals surface area contributed by atoms with Gasteiger partial charge in [0.25, 0.3) is 0 Å². The van der Waals surface area contributed by atoms with E-state index in [0.29, 0.717) is 0 Å². The summed E-state index contributed by atoms with van der Waals surface area (Å²) in [6, 6.07) is 0. The number of aromatic nitrogens is 2. The minimum atomic E-state index is -0.681. The number of carbonyl (C=O) groups excluding carboxylic acids is 1. The second kappa shape index (κ2) is 5.65. The number of esters is 1. The number of aliphatic hydroxyl groups is 1. The van der Waals surface area contributed by atoms with Crippen LogP contribution in [0.1, 0.15) is 31.9 Å². The average molecular weight is 226 g/mol. The van der Waals surface area contributed by atoms with E-state index in [1.807, 2.05) is 13.8 Å². The van der Waals surface area contributed by atoms with Crippen molar-refractivity contribution in [2.45, 2.75) is 32.9 Å². The number of aryl methyl sites for hydroxylation is 1. The first-order valence-corrected chi connectivity index (χ1v) is 5.35. The maximum Gasteiger partial charge on any atom is 0.305 e. The summed E-state index contributed by atoms with van der Waals surface area (Å²) in [6.07, 6.45) is 2.94. The number of rotatable bonds is 5. The number of nitrogens with zero attached hydrogens (tertiary/aromatic N) is 2. The molecule has 2 atom stereocenters. The third-order valence-corrected chi connectivity index (χ3v) is 2.57. The molecule has 1 aromatic rings. The first-order valence-electron chi connectivity index (χ1n) is 5.35. The lowest BCUT2D eigenvalue weighted by atomic mass is 9.97. The van der Waals surface area contributed by atoms with Crippen molar-refractivity contribution in [2.75, 3.05) is 7.11 Å². The Kier molecular flexibility index (Phi) is 4.49. The van der Waals surface area contributed by atoms with Crippen LogP contribution in [0.4, 0.5) is 0 Å². The number of hydrogen-bond acceptors (Lipinski definition) is 4. The summed E-state index contributed by atoms with van der Waals surface area (Å²) in [7, 11) is 1.34. The molecule has 16 heavy (non-hydrogen) atoms. The van der Waals surface area contributed by atoms with Gasteiger partial charge >= 0.3 is 5.97 Å². The molecule has 2 unspecified atom stereocenters. The van der Waals surface area contributed by atoms with Gasteiger partial charge in [0.2, 0.25) is 0 Å². The lowest BCUT2D eigenvalue weighted by Gasteiger charge is -2.15. The summed E-state index contributed by atoms with van der Waals surface area (Å²) < 4.78 is 6.30. The standard InChI is InChI=1S/C11H18N2O3/c1-4-13-7-9(6-12-13)11(15)8(2)5-10(14)16-3/h6-8,11,15H,4-5H2,1-3H3. The SMILES string of the molecule is CCn1cc(C(O)C(C)CC(=O)OC)cn1. The molecule has 0 amide bonds. The van der Waals surface area contributed by atoms with Crippen LogP contribution >= 0.6 is 0 Å². The number of aliphatic hydroxyl groups excluding tert-OH is 1. The van der Waals surface area contributed by atoms with Crippen LogP contribution in [-0.2, 0) is 16.1 Å². The molecule has 0 saturated carbocycles. The van der Waals surface area contributed by atoms with E-state index in [1.165, 1.54) is 7.11 Å². The fourth-order valence-corrected chi connectivity index (χ4v) is 1.49. The third kappa shape index (κ3) is 3.06. The molecule has 0 fully saturated rings. The number of methoxy groups -OCH3 is 1. The predicted octanol–water partition coefficient (Wildman–Crippen LogP) is 1.14. The molecule has 90 valence electrons. The van der Waals surface area contributed by atoms with Gasteiger partial charge in [-0.1, -0.05) is 6.92 Å². The molecule has 0 bridgehead atoms. The first-order chi connectivity index (χ1) is 7.58. The normalized spacial score (nSPS) is 14.5. The van der Waals surface area contributed by atoms with Crippen molar-refractivity contribution in [2.24, 2.45) is 5.92 Å². The average Bonchev–Trinajstić information content (AvgIpc) is 2.76. The molecule has 0 spiro atoms. The zero-order chi connectivity index (χ0) is 12.1. The van der Waals surface area contributed by atoms with E-state index in [9.17, 15) is 9.90 Å². The molecule has 0 aromatic carbocycles. The molecule has 0 saturated heterocycles. The molecular formula is C11H18N2O3. The minimum Gasteiger partial charge on any atom is -0.469 e.